The van der Waals surface area contributed by atoms with Crippen molar-refractivity contribution in [2.24, 2.45) is 0 Å². The van der Waals surface area contributed by atoms with Crippen molar-refractivity contribution in [3.05, 3.63) is 16.5 Å². The second kappa shape index (κ2) is 5.91. The average molecular weight is 303 g/mol. The first-order chi connectivity index (χ1) is 8.96. The van der Waals surface area contributed by atoms with Gasteiger partial charge in [-0.2, -0.15) is 4.31 Å². The summed E-state index contributed by atoms with van der Waals surface area (Å²) >= 11 is 1.19. The summed E-state index contributed by atoms with van der Waals surface area (Å²) in [5, 5.41) is 9.21. The molecule has 2 rings (SSSR count). The van der Waals surface area contributed by atoms with Crippen molar-refractivity contribution in [3.63, 3.8) is 0 Å². The van der Waals surface area contributed by atoms with Crippen LogP contribution in [-0.2, 0) is 16.6 Å². The van der Waals surface area contributed by atoms with Crippen LogP contribution in [0.3, 0.4) is 0 Å². The molecule has 0 radical (unpaired) electrons. The van der Waals surface area contributed by atoms with Crippen LogP contribution in [0.15, 0.2) is 10.3 Å². The van der Waals surface area contributed by atoms with Crippen molar-refractivity contribution >= 4 is 21.4 Å². The summed E-state index contributed by atoms with van der Waals surface area (Å²) in [5.41, 5.74) is 0.855. The van der Waals surface area contributed by atoms with E-state index in [1.165, 1.54) is 11.3 Å². The van der Waals surface area contributed by atoms with Crippen LogP contribution in [0.4, 0.5) is 0 Å². The van der Waals surface area contributed by atoms with Gasteiger partial charge in [-0.25, -0.2) is 8.42 Å². The van der Waals surface area contributed by atoms with Crippen LogP contribution in [0, 0.1) is 6.92 Å². The Hall–Kier alpha value is -0.430. The summed E-state index contributed by atoms with van der Waals surface area (Å²) in [6, 6.07) is 1.75. The molecule has 0 amide bonds. The maximum atomic E-state index is 12.7. The molecular formula is C13H21NO3S2. The van der Waals surface area contributed by atoms with Gasteiger partial charge in [0.25, 0.3) is 10.0 Å². The second-order valence-corrected chi connectivity index (χ2v) is 8.40. The molecule has 19 heavy (non-hydrogen) atoms. The van der Waals surface area contributed by atoms with Gasteiger partial charge in [-0.05, 0) is 38.3 Å². The molecule has 0 bridgehead atoms. The van der Waals surface area contributed by atoms with E-state index in [1.54, 1.807) is 10.4 Å². The van der Waals surface area contributed by atoms with Gasteiger partial charge >= 0.3 is 0 Å². The maximum Gasteiger partial charge on any atom is 0.252 e. The van der Waals surface area contributed by atoms with E-state index in [0.717, 1.165) is 36.1 Å². The first-order valence-electron chi connectivity index (χ1n) is 6.69. The summed E-state index contributed by atoms with van der Waals surface area (Å²) in [6.45, 7) is 4.33. The first kappa shape index (κ1) is 15.0. The topological polar surface area (TPSA) is 57.6 Å². The smallest absolute Gasteiger partial charge is 0.252 e. The molecule has 0 aromatic carbocycles. The maximum absolute atomic E-state index is 12.7. The van der Waals surface area contributed by atoms with Crippen LogP contribution >= 0.6 is 11.3 Å². The highest BCUT2D eigenvalue weighted by atomic mass is 32.2. The molecular weight excluding hydrogens is 282 g/mol. The van der Waals surface area contributed by atoms with E-state index in [-0.39, 0.29) is 12.6 Å². The van der Waals surface area contributed by atoms with Crippen LogP contribution < -0.4 is 0 Å². The number of sulfonamides is 1. The summed E-state index contributed by atoms with van der Waals surface area (Å²) in [7, 11) is -3.41. The Morgan fingerprint density at radius 2 is 2.16 bits per heavy atom. The molecule has 2 heterocycles. The molecule has 108 valence electrons. The largest absolute Gasteiger partial charge is 0.391 e. The minimum absolute atomic E-state index is 0.0625. The molecule has 1 aromatic rings. The zero-order valence-electron chi connectivity index (χ0n) is 11.4. The molecule has 1 fully saturated rings. The zero-order chi connectivity index (χ0) is 14.0. The van der Waals surface area contributed by atoms with Gasteiger partial charge in [0, 0.05) is 17.5 Å². The molecule has 1 aliphatic heterocycles. The second-order valence-electron chi connectivity index (χ2n) is 5.14. The number of hydrogen-bond donors (Lipinski definition) is 1. The van der Waals surface area contributed by atoms with Gasteiger partial charge in [0.2, 0.25) is 0 Å². The van der Waals surface area contributed by atoms with Crippen LogP contribution in [-0.4, -0.2) is 30.4 Å². The number of aryl methyl sites for hydroxylation is 1. The Morgan fingerprint density at radius 1 is 1.42 bits per heavy atom. The normalized spacial score (nSPS) is 22.4. The van der Waals surface area contributed by atoms with Crippen molar-refractivity contribution < 1.29 is 13.5 Å². The number of aliphatic hydroxyl groups excluding tert-OH is 1. The monoisotopic (exact) mass is 303 g/mol. The van der Waals surface area contributed by atoms with Crippen molar-refractivity contribution in [3.8, 4) is 0 Å². The van der Waals surface area contributed by atoms with E-state index in [9.17, 15) is 13.5 Å². The SMILES string of the molecule is Cc1cc(S(=O)(=O)N2CCCCCC2C)sc1CO. The summed E-state index contributed by atoms with van der Waals surface area (Å²) in [6.07, 6.45) is 4.05. The van der Waals surface area contributed by atoms with Gasteiger partial charge in [-0.15, -0.1) is 11.3 Å². The number of thiophene rings is 1. The van der Waals surface area contributed by atoms with Gasteiger partial charge in [0.1, 0.15) is 4.21 Å². The molecule has 1 aliphatic rings. The number of aliphatic hydroxyl groups is 1. The van der Waals surface area contributed by atoms with Gasteiger partial charge in [-0.3, -0.25) is 0 Å². The fraction of sp³-hybridized carbons (Fsp3) is 0.692. The lowest BCUT2D eigenvalue weighted by molar-refractivity contribution is 0.285. The fourth-order valence-corrected chi connectivity index (χ4v) is 5.77. The average Bonchev–Trinajstić information content (AvgIpc) is 2.60. The van der Waals surface area contributed by atoms with Crippen molar-refractivity contribution in [2.75, 3.05) is 6.54 Å². The Bertz CT molecular complexity index is 536. The molecule has 1 N–H and O–H groups in total. The van der Waals surface area contributed by atoms with E-state index in [1.807, 2.05) is 13.8 Å². The molecule has 1 aromatic heterocycles. The molecule has 0 saturated carbocycles. The van der Waals surface area contributed by atoms with Crippen LogP contribution in [0.5, 0.6) is 0 Å². The Balaban J connectivity index is 2.34. The summed E-state index contributed by atoms with van der Waals surface area (Å²) < 4.78 is 27.4. The standard InChI is InChI=1S/C13H21NO3S2/c1-10-8-13(18-12(10)9-15)19(16,17)14-7-5-3-4-6-11(14)2/h8,11,15H,3-7,9H2,1-2H3. The quantitative estimate of drug-likeness (QED) is 0.933. The third kappa shape index (κ3) is 3.02. The molecule has 0 aliphatic carbocycles. The molecule has 1 unspecified atom stereocenters. The van der Waals surface area contributed by atoms with Gasteiger partial charge in [0.05, 0.1) is 6.61 Å². The molecule has 4 nitrogen and oxygen atoms in total. The summed E-state index contributed by atoms with van der Waals surface area (Å²) in [5.74, 6) is 0. The molecule has 1 saturated heterocycles. The van der Waals surface area contributed by atoms with Gasteiger partial charge in [0.15, 0.2) is 0 Å². The lowest BCUT2D eigenvalue weighted by Gasteiger charge is -2.25. The van der Waals surface area contributed by atoms with E-state index in [4.69, 9.17) is 0 Å². The number of rotatable bonds is 3. The van der Waals surface area contributed by atoms with E-state index < -0.39 is 10.0 Å². The number of nitrogens with zero attached hydrogens (tertiary/aromatic N) is 1. The Kier molecular flexibility index (Phi) is 4.66. The van der Waals surface area contributed by atoms with E-state index in [2.05, 4.69) is 0 Å². The fourth-order valence-electron chi connectivity index (χ4n) is 2.49. The lowest BCUT2D eigenvalue weighted by Crippen LogP contribution is -2.37. The minimum atomic E-state index is -3.41. The predicted molar refractivity (Wildman–Crippen MR) is 76.8 cm³/mol. The predicted octanol–water partition coefficient (Wildman–Crippen LogP) is 2.50. The zero-order valence-corrected chi connectivity index (χ0v) is 13.1. The summed E-state index contributed by atoms with van der Waals surface area (Å²) in [4.78, 5) is 0.737. The molecule has 6 heteroatoms. The van der Waals surface area contributed by atoms with Crippen molar-refractivity contribution in [2.45, 2.75) is 56.4 Å². The molecule has 1 atom stereocenters. The van der Waals surface area contributed by atoms with Crippen LogP contribution in [0.1, 0.15) is 43.0 Å². The van der Waals surface area contributed by atoms with Crippen molar-refractivity contribution in [1.29, 1.82) is 0 Å². The lowest BCUT2D eigenvalue weighted by atomic mass is 10.1. The van der Waals surface area contributed by atoms with Crippen LogP contribution in [0.25, 0.3) is 0 Å². The van der Waals surface area contributed by atoms with Gasteiger partial charge < -0.3 is 5.11 Å². The first-order valence-corrected chi connectivity index (χ1v) is 8.94. The van der Waals surface area contributed by atoms with E-state index >= 15 is 0 Å². The van der Waals surface area contributed by atoms with Crippen LogP contribution in [0.2, 0.25) is 0 Å². The minimum Gasteiger partial charge on any atom is -0.391 e. The third-order valence-corrected chi connectivity index (χ3v) is 7.38. The molecule has 0 spiro atoms. The highest BCUT2D eigenvalue weighted by Gasteiger charge is 2.31. The van der Waals surface area contributed by atoms with Gasteiger partial charge in [-0.1, -0.05) is 12.8 Å². The third-order valence-electron chi connectivity index (χ3n) is 3.70. The highest BCUT2D eigenvalue weighted by Crippen LogP contribution is 2.31. The Morgan fingerprint density at radius 3 is 2.79 bits per heavy atom. The Labute approximate surface area is 119 Å². The number of hydrogen-bond acceptors (Lipinski definition) is 4. The highest BCUT2D eigenvalue weighted by molar-refractivity contribution is 7.91. The van der Waals surface area contributed by atoms with E-state index in [0.29, 0.717) is 10.8 Å². The van der Waals surface area contributed by atoms with Crippen molar-refractivity contribution in [1.82, 2.24) is 4.31 Å².